The molecule has 0 unspecified atom stereocenters. The first-order valence-corrected chi connectivity index (χ1v) is 8.70. The SMILES string of the molecule is CSc1ccccc1C(=O)Cc1ccn(C2CCCC2)n1. The fraction of sp³-hybridized carbons (Fsp3) is 0.412. The minimum Gasteiger partial charge on any atom is -0.294 e. The van der Waals surface area contributed by atoms with Crippen molar-refractivity contribution < 1.29 is 4.79 Å². The van der Waals surface area contributed by atoms with Crippen LogP contribution >= 0.6 is 11.8 Å². The molecular formula is C17H20N2OS. The third-order valence-electron chi connectivity index (χ3n) is 4.11. The number of carbonyl (C=O) groups is 1. The van der Waals surface area contributed by atoms with Gasteiger partial charge in [0, 0.05) is 16.7 Å². The van der Waals surface area contributed by atoms with E-state index in [0.717, 1.165) is 16.2 Å². The van der Waals surface area contributed by atoms with Crippen LogP contribution < -0.4 is 0 Å². The lowest BCUT2D eigenvalue weighted by Crippen LogP contribution is -2.08. The zero-order valence-corrected chi connectivity index (χ0v) is 13.1. The number of carbonyl (C=O) groups excluding carboxylic acids is 1. The van der Waals surface area contributed by atoms with Crippen LogP contribution in [-0.4, -0.2) is 21.8 Å². The van der Waals surface area contributed by atoms with Gasteiger partial charge in [-0.2, -0.15) is 5.10 Å². The summed E-state index contributed by atoms with van der Waals surface area (Å²) in [4.78, 5) is 13.5. The molecule has 0 aliphatic heterocycles. The lowest BCUT2D eigenvalue weighted by atomic mass is 10.1. The fourth-order valence-corrected chi connectivity index (χ4v) is 3.60. The quantitative estimate of drug-likeness (QED) is 0.614. The molecule has 0 radical (unpaired) electrons. The van der Waals surface area contributed by atoms with Crippen LogP contribution in [0.5, 0.6) is 0 Å². The Bertz CT molecular complexity index is 629. The molecular weight excluding hydrogens is 280 g/mol. The van der Waals surface area contributed by atoms with Gasteiger partial charge in [-0.3, -0.25) is 9.48 Å². The Morgan fingerprint density at radius 3 is 2.81 bits per heavy atom. The van der Waals surface area contributed by atoms with Crippen LogP contribution in [0.25, 0.3) is 0 Å². The topological polar surface area (TPSA) is 34.9 Å². The molecule has 1 saturated carbocycles. The van der Waals surface area contributed by atoms with E-state index >= 15 is 0 Å². The predicted molar refractivity (Wildman–Crippen MR) is 86.0 cm³/mol. The van der Waals surface area contributed by atoms with Crippen molar-refractivity contribution in [3.05, 3.63) is 47.8 Å². The van der Waals surface area contributed by atoms with Crippen LogP contribution in [0.15, 0.2) is 41.4 Å². The molecule has 110 valence electrons. The highest BCUT2D eigenvalue weighted by Crippen LogP contribution is 2.29. The summed E-state index contributed by atoms with van der Waals surface area (Å²) in [7, 11) is 0. The van der Waals surface area contributed by atoms with E-state index in [9.17, 15) is 4.79 Å². The van der Waals surface area contributed by atoms with Gasteiger partial charge in [0.15, 0.2) is 5.78 Å². The molecule has 0 bridgehead atoms. The summed E-state index contributed by atoms with van der Waals surface area (Å²) in [5, 5.41) is 4.60. The number of rotatable bonds is 5. The molecule has 0 amide bonds. The molecule has 4 heteroatoms. The summed E-state index contributed by atoms with van der Waals surface area (Å²) < 4.78 is 2.05. The van der Waals surface area contributed by atoms with Gasteiger partial charge in [0.1, 0.15) is 0 Å². The van der Waals surface area contributed by atoms with Crippen molar-refractivity contribution in [3.8, 4) is 0 Å². The standard InChI is InChI=1S/C17H20N2OS/c1-21-17-9-5-4-8-15(17)16(20)12-13-10-11-19(18-13)14-6-2-3-7-14/h4-5,8-11,14H,2-3,6-7,12H2,1H3. The highest BCUT2D eigenvalue weighted by atomic mass is 32.2. The highest BCUT2D eigenvalue weighted by Gasteiger charge is 2.18. The van der Waals surface area contributed by atoms with Gasteiger partial charge in [0.2, 0.25) is 0 Å². The number of hydrogen-bond donors (Lipinski definition) is 0. The molecule has 0 N–H and O–H groups in total. The van der Waals surface area contributed by atoms with Crippen molar-refractivity contribution in [1.29, 1.82) is 0 Å². The van der Waals surface area contributed by atoms with Gasteiger partial charge in [0.05, 0.1) is 18.2 Å². The summed E-state index contributed by atoms with van der Waals surface area (Å²) >= 11 is 1.61. The number of hydrogen-bond acceptors (Lipinski definition) is 3. The molecule has 21 heavy (non-hydrogen) atoms. The largest absolute Gasteiger partial charge is 0.294 e. The van der Waals surface area contributed by atoms with E-state index in [1.807, 2.05) is 42.8 Å². The van der Waals surface area contributed by atoms with Gasteiger partial charge < -0.3 is 0 Å². The van der Waals surface area contributed by atoms with E-state index < -0.39 is 0 Å². The number of thioether (sulfide) groups is 1. The van der Waals surface area contributed by atoms with Crippen LogP contribution in [0.4, 0.5) is 0 Å². The Morgan fingerprint density at radius 2 is 2.05 bits per heavy atom. The highest BCUT2D eigenvalue weighted by molar-refractivity contribution is 7.98. The maximum absolute atomic E-state index is 12.5. The van der Waals surface area contributed by atoms with Crippen molar-refractivity contribution in [3.63, 3.8) is 0 Å². The summed E-state index contributed by atoms with van der Waals surface area (Å²) in [5.41, 5.74) is 1.68. The Morgan fingerprint density at radius 1 is 1.29 bits per heavy atom. The van der Waals surface area contributed by atoms with E-state index in [1.165, 1.54) is 25.7 Å². The minimum atomic E-state index is 0.150. The predicted octanol–water partition coefficient (Wildman–Crippen LogP) is 4.15. The Labute approximate surface area is 129 Å². The van der Waals surface area contributed by atoms with Crippen LogP contribution in [0.2, 0.25) is 0 Å². The fourth-order valence-electron chi connectivity index (χ4n) is 2.98. The van der Waals surface area contributed by atoms with Gasteiger partial charge in [-0.15, -0.1) is 11.8 Å². The number of aromatic nitrogens is 2. The maximum Gasteiger partial charge on any atom is 0.170 e. The Hall–Kier alpha value is -1.55. The second kappa shape index (κ2) is 6.48. The van der Waals surface area contributed by atoms with Gasteiger partial charge >= 0.3 is 0 Å². The lowest BCUT2D eigenvalue weighted by molar-refractivity contribution is 0.0989. The van der Waals surface area contributed by atoms with E-state index in [-0.39, 0.29) is 5.78 Å². The van der Waals surface area contributed by atoms with Gasteiger partial charge in [0.25, 0.3) is 0 Å². The van der Waals surface area contributed by atoms with E-state index in [1.54, 1.807) is 11.8 Å². The Balaban J connectivity index is 1.72. The summed E-state index contributed by atoms with van der Waals surface area (Å²) in [6, 6.07) is 10.3. The smallest absolute Gasteiger partial charge is 0.170 e. The van der Waals surface area contributed by atoms with Crippen LogP contribution in [-0.2, 0) is 6.42 Å². The number of nitrogens with zero attached hydrogens (tertiary/aromatic N) is 2. The van der Waals surface area contributed by atoms with Gasteiger partial charge in [-0.05, 0) is 31.2 Å². The average molecular weight is 300 g/mol. The van der Waals surface area contributed by atoms with Crippen molar-refractivity contribution in [1.82, 2.24) is 9.78 Å². The molecule has 0 atom stereocenters. The third-order valence-corrected chi connectivity index (χ3v) is 4.91. The summed E-state index contributed by atoms with van der Waals surface area (Å²) in [5.74, 6) is 0.150. The zero-order valence-electron chi connectivity index (χ0n) is 12.3. The first-order valence-electron chi connectivity index (χ1n) is 7.48. The first-order chi connectivity index (χ1) is 10.3. The first kappa shape index (κ1) is 14.4. The van der Waals surface area contributed by atoms with E-state index in [4.69, 9.17) is 0 Å². The molecule has 1 heterocycles. The number of ketones is 1. The summed E-state index contributed by atoms with van der Waals surface area (Å²) in [6.45, 7) is 0. The molecule has 1 fully saturated rings. The second-order valence-electron chi connectivity index (χ2n) is 5.53. The average Bonchev–Trinajstić information content (AvgIpc) is 3.17. The maximum atomic E-state index is 12.5. The normalized spacial score (nSPS) is 15.5. The molecule has 1 aliphatic rings. The molecule has 3 nitrogen and oxygen atoms in total. The molecule has 3 rings (SSSR count). The zero-order chi connectivity index (χ0) is 14.7. The van der Waals surface area contributed by atoms with Crippen LogP contribution in [0.1, 0.15) is 47.8 Å². The van der Waals surface area contributed by atoms with Crippen molar-refractivity contribution in [2.45, 2.75) is 43.0 Å². The van der Waals surface area contributed by atoms with Gasteiger partial charge in [-0.25, -0.2) is 0 Å². The lowest BCUT2D eigenvalue weighted by Gasteiger charge is -2.09. The van der Waals surface area contributed by atoms with Gasteiger partial charge in [-0.1, -0.05) is 31.0 Å². The van der Waals surface area contributed by atoms with Crippen molar-refractivity contribution in [2.24, 2.45) is 0 Å². The Kier molecular flexibility index (Phi) is 4.44. The molecule has 0 saturated heterocycles. The monoisotopic (exact) mass is 300 g/mol. The molecule has 0 spiro atoms. The van der Waals surface area contributed by atoms with E-state index in [0.29, 0.717) is 12.5 Å². The molecule has 1 aromatic carbocycles. The second-order valence-corrected chi connectivity index (χ2v) is 6.37. The van der Waals surface area contributed by atoms with Crippen molar-refractivity contribution in [2.75, 3.05) is 6.26 Å². The third kappa shape index (κ3) is 3.21. The number of benzene rings is 1. The van der Waals surface area contributed by atoms with Crippen molar-refractivity contribution >= 4 is 17.5 Å². The summed E-state index contributed by atoms with van der Waals surface area (Å²) in [6.07, 6.45) is 9.42. The number of Topliss-reactive ketones (excluding diaryl/α,β-unsaturated/α-hetero) is 1. The molecule has 1 aromatic heterocycles. The van der Waals surface area contributed by atoms with Crippen LogP contribution in [0, 0.1) is 0 Å². The molecule has 2 aromatic rings. The molecule has 1 aliphatic carbocycles. The van der Waals surface area contributed by atoms with E-state index in [2.05, 4.69) is 9.78 Å². The minimum absolute atomic E-state index is 0.150. The van der Waals surface area contributed by atoms with Crippen LogP contribution in [0.3, 0.4) is 0 Å².